The molecule has 2 aromatic carbocycles. The lowest BCUT2D eigenvalue weighted by molar-refractivity contribution is -0.118. The van der Waals surface area contributed by atoms with E-state index in [1.165, 1.54) is 0 Å². The molecule has 1 aliphatic carbocycles. The summed E-state index contributed by atoms with van der Waals surface area (Å²) in [6.45, 7) is 0. The summed E-state index contributed by atoms with van der Waals surface area (Å²) in [5.41, 5.74) is 2.02. The quantitative estimate of drug-likeness (QED) is 0.793. The van der Waals surface area contributed by atoms with Gasteiger partial charge in [-0.2, -0.15) is 0 Å². The van der Waals surface area contributed by atoms with Crippen molar-refractivity contribution in [2.24, 2.45) is 0 Å². The minimum Gasteiger partial charge on any atom is -0.496 e. The van der Waals surface area contributed by atoms with Gasteiger partial charge in [-0.15, -0.1) is 0 Å². The first-order chi connectivity index (χ1) is 11.7. The highest BCUT2D eigenvalue weighted by Gasteiger charge is 2.52. The van der Waals surface area contributed by atoms with Gasteiger partial charge in [0.25, 0.3) is 0 Å². The van der Waals surface area contributed by atoms with Crippen LogP contribution in [0.3, 0.4) is 0 Å². The molecule has 0 unspecified atom stereocenters. The average molecular weight is 318 g/mol. The number of methoxy groups -OCH3 is 1. The Kier molecular flexibility index (Phi) is 3.45. The standard InChI is InChI=1S/C20H18N2O2/c1-24-17-10-3-2-8-15(17)20(11-12-20)19(23)22-16-9-4-6-14-7-5-13-21-18(14)16/h2-10,13H,11-12H2,1H3,(H,22,23). The summed E-state index contributed by atoms with van der Waals surface area (Å²) in [6, 6.07) is 17.5. The lowest BCUT2D eigenvalue weighted by Gasteiger charge is -2.19. The number of carbonyl (C=O) groups is 1. The molecule has 1 saturated carbocycles. The minimum atomic E-state index is -0.496. The van der Waals surface area contributed by atoms with Crippen molar-refractivity contribution in [2.45, 2.75) is 18.3 Å². The maximum Gasteiger partial charge on any atom is 0.235 e. The molecule has 1 amide bonds. The van der Waals surface area contributed by atoms with Crippen LogP contribution in [0.25, 0.3) is 10.9 Å². The molecular formula is C20H18N2O2. The predicted octanol–water partition coefficient (Wildman–Crippen LogP) is 3.91. The van der Waals surface area contributed by atoms with Crippen LogP contribution < -0.4 is 10.1 Å². The zero-order chi connectivity index (χ0) is 16.6. The van der Waals surface area contributed by atoms with Gasteiger partial charge in [-0.3, -0.25) is 9.78 Å². The van der Waals surface area contributed by atoms with E-state index in [0.717, 1.165) is 40.7 Å². The van der Waals surface area contributed by atoms with Crippen LogP contribution in [0.4, 0.5) is 5.69 Å². The van der Waals surface area contributed by atoms with E-state index in [9.17, 15) is 4.79 Å². The maximum atomic E-state index is 13.0. The van der Waals surface area contributed by atoms with Crippen LogP contribution in [0.5, 0.6) is 5.75 Å². The number of rotatable bonds is 4. The van der Waals surface area contributed by atoms with Gasteiger partial charge in [0.05, 0.1) is 23.7 Å². The van der Waals surface area contributed by atoms with E-state index in [2.05, 4.69) is 10.3 Å². The SMILES string of the molecule is COc1ccccc1C1(C(=O)Nc2cccc3cccnc23)CC1. The number of anilines is 1. The Hall–Kier alpha value is -2.88. The highest BCUT2D eigenvalue weighted by Crippen LogP contribution is 2.52. The summed E-state index contributed by atoms with van der Waals surface area (Å²) in [5, 5.41) is 4.09. The molecule has 4 heteroatoms. The van der Waals surface area contributed by atoms with Crippen molar-refractivity contribution in [1.29, 1.82) is 0 Å². The molecule has 1 N–H and O–H groups in total. The first-order valence-electron chi connectivity index (χ1n) is 8.03. The lowest BCUT2D eigenvalue weighted by Crippen LogP contribution is -2.28. The molecule has 4 nitrogen and oxygen atoms in total. The van der Waals surface area contributed by atoms with Crippen LogP contribution in [0, 0.1) is 0 Å². The summed E-state index contributed by atoms with van der Waals surface area (Å²) in [7, 11) is 1.64. The number of ether oxygens (including phenoxy) is 1. The van der Waals surface area contributed by atoms with E-state index in [-0.39, 0.29) is 5.91 Å². The minimum absolute atomic E-state index is 0.00477. The Bertz CT molecular complexity index is 911. The van der Waals surface area contributed by atoms with Crippen molar-refractivity contribution < 1.29 is 9.53 Å². The van der Waals surface area contributed by atoms with Crippen molar-refractivity contribution in [3.05, 3.63) is 66.4 Å². The van der Waals surface area contributed by atoms with Gasteiger partial charge in [0.1, 0.15) is 5.75 Å². The molecule has 1 aliphatic rings. The number of hydrogen-bond acceptors (Lipinski definition) is 3. The highest BCUT2D eigenvalue weighted by atomic mass is 16.5. The van der Waals surface area contributed by atoms with Gasteiger partial charge in [0, 0.05) is 17.1 Å². The fraction of sp³-hybridized carbons (Fsp3) is 0.200. The van der Waals surface area contributed by atoms with Crippen LogP contribution >= 0.6 is 0 Å². The van der Waals surface area contributed by atoms with Gasteiger partial charge < -0.3 is 10.1 Å². The normalized spacial score (nSPS) is 15.0. The Balaban J connectivity index is 1.69. The summed E-state index contributed by atoms with van der Waals surface area (Å²) in [5.74, 6) is 0.770. The molecule has 1 aromatic heterocycles. The fourth-order valence-electron chi connectivity index (χ4n) is 3.23. The molecule has 1 fully saturated rings. The van der Waals surface area contributed by atoms with E-state index in [0.29, 0.717) is 0 Å². The number of amides is 1. The third-order valence-corrected chi connectivity index (χ3v) is 4.69. The zero-order valence-corrected chi connectivity index (χ0v) is 13.5. The van der Waals surface area contributed by atoms with Gasteiger partial charge in [0.2, 0.25) is 5.91 Å². The number of aromatic nitrogens is 1. The van der Waals surface area contributed by atoms with Crippen molar-refractivity contribution in [1.82, 2.24) is 4.98 Å². The molecule has 120 valence electrons. The van der Waals surface area contributed by atoms with Crippen LogP contribution in [0.2, 0.25) is 0 Å². The van der Waals surface area contributed by atoms with Crippen LogP contribution in [0.15, 0.2) is 60.8 Å². The molecule has 0 saturated heterocycles. The van der Waals surface area contributed by atoms with Gasteiger partial charge >= 0.3 is 0 Å². The molecule has 0 radical (unpaired) electrons. The number of carbonyl (C=O) groups excluding carboxylic acids is 1. The van der Waals surface area contributed by atoms with E-state index >= 15 is 0 Å². The smallest absolute Gasteiger partial charge is 0.235 e. The van der Waals surface area contributed by atoms with Crippen molar-refractivity contribution in [3.8, 4) is 5.75 Å². The fourth-order valence-corrected chi connectivity index (χ4v) is 3.23. The first kappa shape index (κ1) is 14.7. The third-order valence-electron chi connectivity index (χ3n) is 4.69. The summed E-state index contributed by atoms with van der Waals surface area (Å²) in [4.78, 5) is 17.4. The van der Waals surface area contributed by atoms with E-state index in [1.54, 1.807) is 13.3 Å². The molecule has 0 bridgehead atoms. The zero-order valence-electron chi connectivity index (χ0n) is 13.5. The molecule has 3 aromatic rings. The lowest BCUT2D eigenvalue weighted by atomic mass is 9.93. The number of hydrogen-bond donors (Lipinski definition) is 1. The van der Waals surface area contributed by atoms with Gasteiger partial charge in [-0.05, 0) is 31.0 Å². The summed E-state index contributed by atoms with van der Waals surface area (Å²) >= 11 is 0. The highest BCUT2D eigenvalue weighted by molar-refractivity contribution is 6.06. The summed E-state index contributed by atoms with van der Waals surface area (Å²) in [6.07, 6.45) is 3.40. The Morgan fingerprint density at radius 1 is 1.08 bits per heavy atom. The second kappa shape index (κ2) is 5.64. The molecule has 4 rings (SSSR count). The van der Waals surface area contributed by atoms with Crippen molar-refractivity contribution >= 4 is 22.5 Å². The Morgan fingerprint density at radius 2 is 1.88 bits per heavy atom. The number of nitrogens with zero attached hydrogens (tertiary/aromatic N) is 1. The van der Waals surface area contributed by atoms with Crippen LogP contribution in [-0.4, -0.2) is 18.0 Å². The maximum absolute atomic E-state index is 13.0. The molecule has 0 atom stereocenters. The topological polar surface area (TPSA) is 51.2 Å². The van der Waals surface area contributed by atoms with Gasteiger partial charge in [-0.1, -0.05) is 36.4 Å². The van der Waals surface area contributed by atoms with E-state index in [4.69, 9.17) is 4.74 Å². The molecule has 1 heterocycles. The molecule has 24 heavy (non-hydrogen) atoms. The van der Waals surface area contributed by atoms with Crippen LogP contribution in [-0.2, 0) is 10.2 Å². The Morgan fingerprint density at radius 3 is 2.67 bits per heavy atom. The van der Waals surface area contributed by atoms with E-state index in [1.807, 2.05) is 54.6 Å². The third kappa shape index (κ3) is 2.31. The number of fused-ring (bicyclic) bond motifs is 1. The Labute approximate surface area is 140 Å². The second-order valence-corrected chi connectivity index (χ2v) is 6.12. The van der Waals surface area contributed by atoms with Gasteiger partial charge in [-0.25, -0.2) is 0 Å². The monoisotopic (exact) mass is 318 g/mol. The number of para-hydroxylation sites is 2. The predicted molar refractivity (Wildman–Crippen MR) is 94.3 cm³/mol. The van der Waals surface area contributed by atoms with Crippen molar-refractivity contribution in [2.75, 3.05) is 12.4 Å². The van der Waals surface area contributed by atoms with E-state index < -0.39 is 5.41 Å². The number of benzene rings is 2. The average Bonchev–Trinajstić information content (AvgIpc) is 3.44. The first-order valence-corrected chi connectivity index (χ1v) is 8.03. The van der Waals surface area contributed by atoms with Crippen molar-refractivity contribution in [3.63, 3.8) is 0 Å². The molecule has 0 aliphatic heterocycles. The summed E-state index contributed by atoms with van der Waals surface area (Å²) < 4.78 is 5.45. The second-order valence-electron chi connectivity index (χ2n) is 6.12. The molecular weight excluding hydrogens is 300 g/mol. The number of pyridine rings is 1. The van der Waals surface area contributed by atoms with Crippen LogP contribution in [0.1, 0.15) is 18.4 Å². The largest absolute Gasteiger partial charge is 0.496 e. The van der Waals surface area contributed by atoms with Gasteiger partial charge in [0.15, 0.2) is 0 Å². The molecule has 0 spiro atoms. The number of nitrogens with one attached hydrogen (secondary N) is 1.